The summed E-state index contributed by atoms with van der Waals surface area (Å²) in [5.41, 5.74) is 4.10. The Balaban J connectivity index is 1.91. The van der Waals surface area contributed by atoms with Gasteiger partial charge in [0, 0.05) is 27.1 Å². The first-order valence-corrected chi connectivity index (χ1v) is 8.42. The van der Waals surface area contributed by atoms with Crippen LogP contribution >= 0.6 is 15.9 Å². The minimum Gasteiger partial charge on any atom is -0.358 e. The van der Waals surface area contributed by atoms with Crippen LogP contribution in [0.25, 0.3) is 10.9 Å². The lowest BCUT2D eigenvalue weighted by molar-refractivity contribution is 0.273. The van der Waals surface area contributed by atoms with Crippen LogP contribution in [0.4, 0.5) is 0 Å². The third kappa shape index (κ3) is 2.66. The average Bonchev–Trinajstić information content (AvgIpc) is 2.75. The zero-order valence-corrected chi connectivity index (χ0v) is 13.9. The summed E-state index contributed by atoms with van der Waals surface area (Å²) in [5.74, 6) is 0.773. The van der Waals surface area contributed by atoms with Crippen LogP contribution in [0.1, 0.15) is 36.9 Å². The van der Waals surface area contributed by atoms with E-state index in [4.69, 9.17) is 0 Å². The number of hydrogen-bond acceptors (Lipinski definition) is 1. The predicted molar refractivity (Wildman–Crippen MR) is 89.2 cm³/mol. The molecule has 2 unspecified atom stereocenters. The second-order valence-electron chi connectivity index (χ2n) is 6.06. The molecule has 0 amide bonds. The molecule has 0 saturated heterocycles. The van der Waals surface area contributed by atoms with Gasteiger partial charge in [0.25, 0.3) is 0 Å². The first-order chi connectivity index (χ1) is 9.69. The van der Waals surface area contributed by atoms with Crippen molar-refractivity contribution in [3.63, 3.8) is 0 Å². The molecule has 2 aromatic rings. The van der Waals surface area contributed by atoms with E-state index in [1.54, 1.807) is 0 Å². The minimum absolute atomic E-state index is 0.684. The lowest BCUT2D eigenvalue weighted by atomic mass is 9.80. The molecule has 0 spiro atoms. The number of aromatic nitrogens is 1. The summed E-state index contributed by atoms with van der Waals surface area (Å²) in [6.45, 7) is 2.21. The van der Waals surface area contributed by atoms with Crippen molar-refractivity contribution in [2.45, 2.75) is 45.1 Å². The predicted octanol–water partition coefficient (Wildman–Crippen LogP) is 4.56. The molecular formula is C17H23BrN2. The molecule has 108 valence electrons. The van der Waals surface area contributed by atoms with E-state index in [-0.39, 0.29) is 0 Å². The number of benzene rings is 1. The lowest BCUT2D eigenvalue weighted by Gasteiger charge is -2.31. The van der Waals surface area contributed by atoms with Gasteiger partial charge in [-0.3, -0.25) is 0 Å². The minimum atomic E-state index is 0.684. The fourth-order valence-electron chi connectivity index (χ4n) is 3.72. The summed E-state index contributed by atoms with van der Waals surface area (Å²) >= 11 is 3.56. The molecule has 1 heterocycles. The summed E-state index contributed by atoms with van der Waals surface area (Å²) in [6.07, 6.45) is 6.64. The van der Waals surface area contributed by atoms with Crippen LogP contribution in [0.15, 0.2) is 22.7 Å². The van der Waals surface area contributed by atoms with Crippen LogP contribution < -0.4 is 5.32 Å². The Morgan fingerprint density at radius 3 is 2.90 bits per heavy atom. The molecule has 3 heteroatoms. The highest BCUT2D eigenvalue weighted by atomic mass is 79.9. The second kappa shape index (κ2) is 5.90. The fraction of sp³-hybridized carbons (Fsp3) is 0.529. The standard InChI is InChI=1S/C17H23BrN2/c1-11-15(9-12-5-3-4-6-16(12)19-2)14-8-7-13(18)10-17(14)20-11/h7-8,10,12,16,19-20H,3-6,9H2,1-2H3. The summed E-state index contributed by atoms with van der Waals surface area (Å²) in [6, 6.07) is 7.26. The van der Waals surface area contributed by atoms with Crippen molar-refractivity contribution in [1.29, 1.82) is 0 Å². The van der Waals surface area contributed by atoms with Crippen LogP contribution in [-0.4, -0.2) is 18.1 Å². The highest BCUT2D eigenvalue weighted by Gasteiger charge is 2.25. The van der Waals surface area contributed by atoms with Crippen molar-refractivity contribution in [2.24, 2.45) is 5.92 Å². The second-order valence-corrected chi connectivity index (χ2v) is 6.98. The molecular weight excluding hydrogens is 312 g/mol. The molecule has 1 saturated carbocycles. The highest BCUT2D eigenvalue weighted by Crippen LogP contribution is 2.32. The summed E-state index contributed by atoms with van der Waals surface area (Å²) < 4.78 is 1.14. The Kier molecular flexibility index (Phi) is 4.18. The third-order valence-corrected chi connectivity index (χ3v) is 5.32. The van der Waals surface area contributed by atoms with E-state index in [0.29, 0.717) is 6.04 Å². The molecule has 0 radical (unpaired) electrons. The third-order valence-electron chi connectivity index (χ3n) is 4.83. The molecule has 1 fully saturated rings. The Labute approximate surface area is 129 Å². The molecule has 2 atom stereocenters. The van der Waals surface area contributed by atoms with Crippen molar-refractivity contribution >= 4 is 26.8 Å². The molecule has 3 rings (SSSR count). The summed E-state index contributed by atoms with van der Waals surface area (Å²) in [7, 11) is 2.11. The number of aromatic amines is 1. The number of halogens is 1. The van der Waals surface area contributed by atoms with Gasteiger partial charge in [-0.05, 0) is 56.8 Å². The van der Waals surface area contributed by atoms with Gasteiger partial charge in [-0.25, -0.2) is 0 Å². The van der Waals surface area contributed by atoms with Crippen LogP contribution in [0.2, 0.25) is 0 Å². The molecule has 0 aliphatic heterocycles. The Morgan fingerprint density at radius 1 is 1.30 bits per heavy atom. The van der Waals surface area contributed by atoms with Gasteiger partial charge in [-0.15, -0.1) is 0 Å². The molecule has 1 aromatic carbocycles. The summed E-state index contributed by atoms with van der Waals surface area (Å²) in [5, 5.41) is 4.92. The zero-order valence-electron chi connectivity index (χ0n) is 12.3. The zero-order chi connectivity index (χ0) is 14.1. The summed E-state index contributed by atoms with van der Waals surface area (Å²) in [4.78, 5) is 3.54. The Hall–Kier alpha value is -0.800. The van der Waals surface area contributed by atoms with Crippen LogP contribution in [0.3, 0.4) is 0 Å². The number of aryl methyl sites for hydroxylation is 1. The van der Waals surface area contributed by atoms with Crippen molar-refractivity contribution in [1.82, 2.24) is 10.3 Å². The van der Waals surface area contributed by atoms with Gasteiger partial charge in [-0.2, -0.15) is 0 Å². The van der Waals surface area contributed by atoms with E-state index < -0.39 is 0 Å². The maximum absolute atomic E-state index is 3.56. The first-order valence-electron chi connectivity index (χ1n) is 7.63. The highest BCUT2D eigenvalue weighted by molar-refractivity contribution is 9.10. The van der Waals surface area contributed by atoms with Gasteiger partial charge >= 0.3 is 0 Å². The largest absolute Gasteiger partial charge is 0.358 e. The van der Waals surface area contributed by atoms with E-state index in [1.807, 2.05) is 0 Å². The maximum Gasteiger partial charge on any atom is 0.0470 e. The van der Waals surface area contributed by atoms with E-state index in [0.717, 1.165) is 10.4 Å². The van der Waals surface area contributed by atoms with Gasteiger partial charge in [0.05, 0.1) is 0 Å². The normalized spacial score (nSPS) is 23.4. The molecule has 0 bridgehead atoms. The van der Waals surface area contributed by atoms with Gasteiger partial charge in [0.2, 0.25) is 0 Å². The van der Waals surface area contributed by atoms with Crippen LogP contribution in [-0.2, 0) is 6.42 Å². The number of nitrogens with one attached hydrogen (secondary N) is 2. The molecule has 2 N–H and O–H groups in total. The Bertz CT molecular complexity index is 602. The molecule has 20 heavy (non-hydrogen) atoms. The van der Waals surface area contributed by atoms with Crippen molar-refractivity contribution < 1.29 is 0 Å². The monoisotopic (exact) mass is 334 g/mol. The van der Waals surface area contributed by atoms with Gasteiger partial charge < -0.3 is 10.3 Å². The van der Waals surface area contributed by atoms with Crippen molar-refractivity contribution in [2.75, 3.05) is 7.05 Å². The van der Waals surface area contributed by atoms with Crippen LogP contribution in [0, 0.1) is 12.8 Å². The van der Waals surface area contributed by atoms with E-state index >= 15 is 0 Å². The number of hydrogen-bond donors (Lipinski definition) is 2. The average molecular weight is 335 g/mol. The molecule has 1 aromatic heterocycles. The lowest BCUT2D eigenvalue weighted by Crippen LogP contribution is -2.37. The topological polar surface area (TPSA) is 27.8 Å². The number of rotatable bonds is 3. The van der Waals surface area contributed by atoms with Gasteiger partial charge in [0.1, 0.15) is 0 Å². The van der Waals surface area contributed by atoms with Gasteiger partial charge in [-0.1, -0.05) is 34.8 Å². The fourth-order valence-corrected chi connectivity index (χ4v) is 4.08. The molecule has 1 aliphatic carbocycles. The molecule has 1 aliphatic rings. The van der Waals surface area contributed by atoms with Crippen molar-refractivity contribution in [3.8, 4) is 0 Å². The SMILES string of the molecule is CNC1CCCCC1Cc1c(C)[nH]c2cc(Br)ccc12. The van der Waals surface area contributed by atoms with Crippen molar-refractivity contribution in [3.05, 3.63) is 33.9 Å². The molecule has 2 nitrogen and oxygen atoms in total. The van der Waals surface area contributed by atoms with Gasteiger partial charge in [0.15, 0.2) is 0 Å². The van der Waals surface area contributed by atoms with E-state index in [9.17, 15) is 0 Å². The smallest absolute Gasteiger partial charge is 0.0470 e. The first kappa shape index (κ1) is 14.2. The van der Waals surface area contributed by atoms with E-state index in [1.165, 1.54) is 54.3 Å². The number of fused-ring (bicyclic) bond motifs is 1. The maximum atomic E-state index is 3.56. The Morgan fingerprint density at radius 2 is 2.10 bits per heavy atom. The number of H-pyrrole nitrogens is 1. The van der Waals surface area contributed by atoms with E-state index in [2.05, 4.69) is 58.4 Å². The van der Waals surface area contributed by atoms with Crippen LogP contribution in [0.5, 0.6) is 0 Å². The quantitative estimate of drug-likeness (QED) is 0.846.